The van der Waals surface area contributed by atoms with Crippen LogP contribution >= 0.6 is 12.4 Å². The highest BCUT2D eigenvalue weighted by molar-refractivity contribution is 6.07. The van der Waals surface area contributed by atoms with Crippen molar-refractivity contribution in [3.8, 4) is 0 Å². The van der Waals surface area contributed by atoms with Crippen molar-refractivity contribution in [3.05, 3.63) is 17.7 Å². The lowest BCUT2D eigenvalue weighted by atomic mass is 9.94. The van der Waals surface area contributed by atoms with Gasteiger partial charge in [0.15, 0.2) is 5.54 Å². The summed E-state index contributed by atoms with van der Waals surface area (Å²) in [5.41, 5.74) is 5.71. The van der Waals surface area contributed by atoms with E-state index in [1.807, 2.05) is 0 Å². The molecule has 2 rings (SSSR count). The largest absolute Gasteiger partial charge is 0.335 e. The van der Waals surface area contributed by atoms with Crippen LogP contribution in [0.15, 0.2) is 6.33 Å². The molecule has 7 nitrogen and oxygen atoms in total. The van der Waals surface area contributed by atoms with Crippen molar-refractivity contribution >= 4 is 24.3 Å². The Balaban J connectivity index is 0.00000144. The maximum absolute atomic E-state index is 11.8. The second-order valence-corrected chi connectivity index (χ2v) is 3.81. The van der Waals surface area contributed by atoms with Gasteiger partial charge in [-0.2, -0.15) is 0 Å². The van der Waals surface area contributed by atoms with Crippen LogP contribution in [0.2, 0.25) is 0 Å². The molecule has 0 aliphatic carbocycles. The van der Waals surface area contributed by atoms with E-state index in [9.17, 15) is 9.59 Å². The lowest BCUT2D eigenvalue weighted by Crippen LogP contribution is -2.51. The van der Waals surface area contributed by atoms with Crippen LogP contribution < -0.4 is 16.4 Å². The Morgan fingerprint density at radius 1 is 1.53 bits per heavy atom. The first kappa shape index (κ1) is 13.5. The lowest BCUT2D eigenvalue weighted by molar-refractivity contribution is -0.124. The van der Waals surface area contributed by atoms with Crippen LogP contribution in [0.3, 0.4) is 0 Å². The third kappa shape index (κ3) is 1.77. The molecule has 2 heterocycles. The average molecular weight is 260 g/mol. The summed E-state index contributed by atoms with van der Waals surface area (Å²) in [5, 5.41) is 4.76. The van der Waals surface area contributed by atoms with Gasteiger partial charge in [-0.15, -0.1) is 12.4 Å². The van der Waals surface area contributed by atoms with Crippen LogP contribution in [0.1, 0.15) is 11.4 Å². The molecular weight excluding hydrogens is 246 g/mol. The van der Waals surface area contributed by atoms with E-state index >= 15 is 0 Å². The Labute approximate surface area is 104 Å². The average Bonchev–Trinajstić information content (AvgIpc) is 2.69. The van der Waals surface area contributed by atoms with Gasteiger partial charge in [0.2, 0.25) is 0 Å². The zero-order valence-corrected chi connectivity index (χ0v) is 10.3. The molecule has 0 aromatic carbocycles. The summed E-state index contributed by atoms with van der Waals surface area (Å²) in [6, 6.07) is -0.531. The molecule has 0 bridgehead atoms. The smallest absolute Gasteiger partial charge is 0.322 e. The topological polar surface area (TPSA) is 102 Å². The molecular formula is C9H14ClN5O2. The Hall–Kier alpha value is -1.60. The van der Waals surface area contributed by atoms with E-state index in [1.54, 1.807) is 24.9 Å². The summed E-state index contributed by atoms with van der Waals surface area (Å²) in [6.45, 7) is 1.76. The number of urea groups is 1. The van der Waals surface area contributed by atoms with Crippen LogP contribution in [0, 0.1) is 6.92 Å². The van der Waals surface area contributed by atoms with Gasteiger partial charge >= 0.3 is 6.03 Å². The van der Waals surface area contributed by atoms with Gasteiger partial charge < -0.3 is 15.6 Å². The molecule has 0 radical (unpaired) electrons. The number of carbonyl (C=O) groups is 2. The summed E-state index contributed by atoms with van der Waals surface area (Å²) < 4.78 is 1.69. The van der Waals surface area contributed by atoms with Gasteiger partial charge in [0.25, 0.3) is 5.91 Å². The minimum atomic E-state index is -1.20. The molecule has 1 saturated heterocycles. The van der Waals surface area contributed by atoms with E-state index in [2.05, 4.69) is 15.6 Å². The number of hydrogen-bond acceptors (Lipinski definition) is 4. The van der Waals surface area contributed by atoms with Crippen molar-refractivity contribution in [1.29, 1.82) is 0 Å². The first-order chi connectivity index (χ1) is 7.51. The van der Waals surface area contributed by atoms with Crippen molar-refractivity contribution in [2.45, 2.75) is 12.5 Å². The molecule has 1 aliphatic rings. The number of nitrogens with two attached hydrogens (primary N) is 1. The summed E-state index contributed by atoms with van der Waals surface area (Å²) in [4.78, 5) is 27.1. The van der Waals surface area contributed by atoms with E-state index in [0.29, 0.717) is 11.4 Å². The molecule has 1 aliphatic heterocycles. The number of nitrogens with zero attached hydrogens (tertiary/aromatic N) is 2. The molecule has 1 fully saturated rings. The highest BCUT2D eigenvalue weighted by Crippen LogP contribution is 2.25. The van der Waals surface area contributed by atoms with Crippen molar-refractivity contribution in [1.82, 2.24) is 20.2 Å². The first-order valence-corrected chi connectivity index (χ1v) is 4.83. The van der Waals surface area contributed by atoms with Crippen LogP contribution in [0.5, 0.6) is 0 Å². The van der Waals surface area contributed by atoms with Crippen LogP contribution in [0.4, 0.5) is 4.79 Å². The van der Waals surface area contributed by atoms with E-state index in [-0.39, 0.29) is 19.0 Å². The molecule has 1 unspecified atom stereocenters. The summed E-state index contributed by atoms with van der Waals surface area (Å²) in [7, 11) is 1.75. The van der Waals surface area contributed by atoms with E-state index in [0.717, 1.165) is 0 Å². The number of hydrogen-bond donors (Lipinski definition) is 3. The maximum Gasteiger partial charge on any atom is 0.322 e. The van der Waals surface area contributed by atoms with Gasteiger partial charge in [0, 0.05) is 13.6 Å². The van der Waals surface area contributed by atoms with E-state index in [1.165, 1.54) is 0 Å². The van der Waals surface area contributed by atoms with Crippen LogP contribution in [-0.2, 0) is 17.4 Å². The zero-order chi connectivity index (χ0) is 11.9. The quantitative estimate of drug-likeness (QED) is 0.602. The highest BCUT2D eigenvalue weighted by Gasteiger charge is 2.49. The molecule has 1 aromatic rings. The Kier molecular flexibility index (Phi) is 3.44. The predicted molar refractivity (Wildman–Crippen MR) is 62.6 cm³/mol. The second kappa shape index (κ2) is 4.34. The zero-order valence-electron chi connectivity index (χ0n) is 9.48. The fourth-order valence-electron chi connectivity index (χ4n) is 2.06. The highest BCUT2D eigenvalue weighted by atomic mass is 35.5. The number of aryl methyl sites for hydroxylation is 2. The SMILES string of the molecule is Cc1ncn(C)c1C1(CN)NC(=O)NC1=O.Cl. The molecule has 94 valence electrons. The molecule has 0 spiro atoms. The summed E-state index contributed by atoms with van der Waals surface area (Å²) in [5.74, 6) is -0.438. The number of aromatic nitrogens is 2. The Morgan fingerprint density at radius 2 is 2.18 bits per heavy atom. The fraction of sp³-hybridized carbons (Fsp3) is 0.444. The van der Waals surface area contributed by atoms with Crippen molar-refractivity contribution in [3.63, 3.8) is 0 Å². The fourth-order valence-corrected chi connectivity index (χ4v) is 2.06. The van der Waals surface area contributed by atoms with Gasteiger partial charge in [-0.1, -0.05) is 0 Å². The molecule has 17 heavy (non-hydrogen) atoms. The first-order valence-electron chi connectivity index (χ1n) is 4.83. The van der Waals surface area contributed by atoms with E-state index < -0.39 is 17.5 Å². The van der Waals surface area contributed by atoms with Gasteiger partial charge in [-0.05, 0) is 6.92 Å². The molecule has 3 amide bonds. The van der Waals surface area contributed by atoms with E-state index in [4.69, 9.17) is 5.73 Å². The minimum Gasteiger partial charge on any atom is -0.335 e. The van der Waals surface area contributed by atoms with Crippen molar-refractivity contribution in [2.24, 2.45) is 12.8 Å². The number of carbonyl (C=O) groups excluding carboxylic acids is 2. The lowest BCUT2D eigenvalue weighted by Gasteiger charge is -2.25. The second-order valence-electron chi connectivity index (χ2n) is 3.81. The van der Waals surface area contributed by atoms with Gasteiger partial charge in [-0.3, -0.25) is 10.1 Å². The number of amides is 3. The van der Waals surface area contributed by atoms with Crippen molar-refractivity contribution < 1.29 is 9.59 Å². The third-order valence-corrected chi connectivity index (χ3v) is 2.77. The number of nitrogens with one attached hydrogen (secondary N) is 2. The van der Waals surface area contributed by atoms with Gasteiger partial charge in [-0.25, -0.2) is 9.78 Å². The van der Waals surface area contributed by atoms with Gasteiger partial charge in [0.05, 0.1) is 17.7 Å². The predicted octanol–water partition coefficient (Wildman–Crippen LogP) is -0.856. The normalized spacial score (nSPS) is 23.0. The molecule has 1 atom stereocenters. The van der Waals surface area contributed by atoms with Crippen molar-refractivity contribution in [2.75, 3.05) is 6.54 Å². The number of imidazole rings is 1. The summed E-state index contributed by atoms with van der Waals surface area (Å²) in [6.07, 6.45) is 1.58. The summed E-state index contributed by atoms with van der Waals surface area (Å²) >= 11 is 0. The maximum atomic E-state index is 11.8. The minimum absolute atomic E-state index is 0. The molecule has 0 saturated carbocycles. The number of imide groups is 1. The van der Waals surface area contributed by atoms with Gasteiger partial charge in [0.1, 0.15) is 0 Å². The van der Waals surface area contributed by atoms with Crippen LogP contribution in [0.25, 0.3) is 0 Å². The number of rotatable bonds is 2. The standard InChI is InChI=1S/C9H13N5O2.ClH/c1-5-6(14(2)4-11-5)9(3-10)7(15)12-8(16)13-9;/h4H,3,10H2,1-2H3,(H2,12,13,15,16);1H. The molecule has 1 aromatic heterocycles. The molecule has 8 heteroatoms. The Bertz CT molecular complexity index is 452. The van der Waals surface area contributed by atoms with Crippen LogP contribution in [-0.4, -0.2) is 28.0 Å². The Morgan fingerprint density at radius 3 is 2.53 bits per heavy atom. The molecule has 4 N–H and O–H groups in total. The third-order valence-electron chi connectivity index (χ3n) is 2.77. The number of halogens is 1. The monoisotopic (exact) mass is 259 g/mol.